The smallest absolute Gasteiger partial charge is 0.416 e. The number of ether oxygens (including phenoxy) is 2. The maximum Gasteiger partial charge on any atom is 0.416 e. The third-order valence-corrected chi connectivity index (χ3v) is 5.68. The lowest BCUT2D eigenvalue weighted by Gasteiger charge is -2.27. The average Bonchev–Trinajstić information content (AvgIpc) is 3.13. The summed E-state index contributed by atoms with van der Waals surface area (Å²) in [5, 5.41) is 11.1. The third kappa shape index (κ3) is 4.32. The first-order valence-corrected chi connectivity index (χ1v) is 10.4. The van der Waals surface area contributed by atoms with E-state index in [4.69, 9.17) is 9.47 Å². The van der Waals surface area contributed by atoms with Crippen molar-refractivity contribution in [3.8, 4) is 11.5 Å². The van der Waals surface area contributed by atoms with Crippen LogP contribution in [0.5, 0.6) is 11.5 Å². The zero-order valence-corrected chi connectivity index (χ0v) is 18.7. The number of ketones is 1. The van der Waals surface area contributed by atoms with E-state index in [1.807, 2.05) is 0 Å². The van der Waals surface area contributed by atoms with Crippen LogP contribution in [0, 0.1) is 0 Å². The van der Waals surface area contributed by atoms with E-state index in [9.17, 15) is 27.9 Å². The second kappa shape index (κ2) is 9.17. The lowest BCUT2D eigenvalue weighted by atomic mass is 9.94. The number of nitrogens with zero attached hydrogens (tertiary/aromatic N) is 1. The highest BCUT2D eigenvalue weighted by Crippen LogP contribution is 2.46. The van der Waals surface area contributed by atoms with E-state index in [2.05, 4.69) is 0 Å². The Morgan fingerprint density at radius 2 is 1.63 bits per heavy atom. The molecule has 1 fully saturated rings. The molecule has 0 aromatic heterocycles. The second-order valence-electron chi connectivity index (χ2n) is 7.69. The molecule has 3 aromatic carbocycles. The molecule has 0 spiro atoms. The van der Waals surface area contributed by atoms with Crippen molar-refractivity contribution in [2.75, 3.05) is 19.1 Å². The Kier molecular flexibility index (Phi) is 6.26. The summed E-state index contributed by atoms with van der Waals surface area (Å²) in [7, 11) is 2.81. The molecule has 1 saturated heterocycles. The van der Waals surface area contributed by atoms with E-state index in [0.717, 1.165) is 23.1 Å². The number of hydrogen-bond donors (Lipinski definition) is 1. The fourth-order valence-corrected chi connectivity index (χ4v) is 4.02. The maximum absolute atomic E-state index is 13.4. The van der Waals surface area contributed by atoms with E-state index in [-0.39, 0.29) is 28.1 Å². The molecule has 0 radical (unpaired) electrons. The lowest BCUT2D eigenvalue weighted by Crippen LogP contribution is -2.30. The van der Waals surface area contributed by atoms with Crippen molar-refractivity contribution >= 4 is 23.1 Å². The molecule has 3 aromatic rings. The molecule has 4 rings (SSSR count). The number of rotatable bonds is 5. The van der Waals surface area contributed by atoms with Crippen LogP contribution in [-0.2, 0) is 15.8 Å². The SMILES string of the molecule is COc1ccc(C2C(=C(O)c3ccccc3)C(=O)C(=O)N2c2cccc(C(F)(F)F)c2)c(OC)c1. The second-order valence-corrected chi connectivity index (χ2v) is 7.69. The fraction of sp³-hybridized carbons (Fsp3) is 0.154. The number of carbonyl (C=O) groups excluding carboxylic acids is 2. The Morgan fingerprint density at radius 1 is 0.914 bits per heavy atom. The van der Waals surface area contributed by atoms with Gasteiger partial charge in [-0.15, -0.1) is 0 Å². The van der Waals surface area contributed by atoms with Gasteiger partial charge in [-0.05, 0) is 30.3 Å². The fourth-order valence-electron chi connectivity index (χ4n) is 4.02. The van der Waals surface area contributed by atoms with Gasteiger partial charge in [-0.1, -0.05) is 36.4 Å². The predicted molar refractivity (Wildman–Crippen MR) is 122 cm³/mol. The quantitative estimate of drug-likeness (QED) is 0.301. The first-order chi connectivity index (χ1) is 16.7. The first kappa shape index (κ1) is 23.9. The topological polar surface area (TPSA) is 76.1 Å². The van der Waals surface area contributed by atoms with E-state index >= 15 is 0 Å². The van der Waals surface area contributed by atoms with Crippen molar-refractivity contribution < 1.29 is 37.3 Å². The number of amides is 1. The minimum absolute atomic E-state index is 0.156. The molecule has 6 nitrogen and oxygen atoms in total. The predicted octanol–water partition coefficient (Wildman–Crippen LogP) is 5.35. The Morgan fingerprint density at radius 3 is 2.26 bits per heavy atom. The monoisotopic (exact) mass is 483 g/mol. The molecule has 1 N–H and O–H groups in total. The highest BCUT2D eigenvalue weighted by Gasteiger charge is 2.48. The van der Waals surface area contributed by atoms with Crippen molar-refractivity contribution in [2.24, 2.45) is 0 Å². The van der Waals surface area contributed by atoms with Gasteiger partial charge in [-0.25, -0.2) is 0 Å². The molecule has 0 saturated carbocycles. The van der Waals surface area contributed by atoms with Gasteiger partial charge in [0.15, 0.2) is 0 Å². The standard InChI is InChI=1S/C26H20F3NO5/c1-34-18-11-12-19(20(14-18)35-2)22-21(23(31)15-7-4-3-5-8-15)24(32)25(33)30(22)17-10-6-9-16(13-17)26(27,28)29/h3-14,22,31H,1-2H3. The number of aliphatic hydroxyl groups excluding tert-OH is 1. The van der Waals surface area contributed by atoms with Crippen LogP contribution in [-0.4, -0.2) is 31.0 Å². The minimum Gasteiger partial charge on any atom is -0.507 e. The Bertz CT molecular complexity index is 1320. The molecule has 1 amide bonds. The number of methoxy groups -OCH3 is 2. The Balaban J connectivity index is 2.00. The molecule has 0 aliphatic carbocycles. The van der Waals surface area contributed by atoms with Crippen LogP contribution >= 0.6 is 0 Å². The number of benzene rings is 3. The van der Waals surface area contributed by atoms with Crippen molar-refractivity contribution in [1.29, 1.82) is 0 Å². The van der Waals surface area contributed by atoms with Gasteiger partial charge < -0.3 is 14.6 Å². The summed E-state index contributed by atoms with van der Waals surface area (Å²) >= 11 is 0. The van der Waals surface area contributed by atoms with Gasteiger partial charge in [0.1, 0.15) is 17.3 Å². The maximum atomic E-state index is 13.4. The molecule has 9 heteroatoms. The largest absolute Gasteiger partial charge is 0.507 e. The molecule has 1 aliphatic heterocycles. The van der Waals surface area contributed by atoms with Crippen molar-refractivity contribution in [3.05, 3.63) is 95.1 Å². The van der Waals surface area contributed by atoms with Crippen molar-refractivity contribution in [3.63, 3.8) is 0 Å². The van der Waals surface area contributed by atoms with Gasteiger partial charge in [-0.2, -0.15) is 13.2 Å². The van der Waals surface area contributed by atoms with Gasteiger partial charge in [0.25, 0.3) is 11.7 Å². The normalized spacial score (nSPS) is 17.5. The minimum atomic E-state index is -4.67. The summed E-state index contributed by atoms with van der Waals surface area (Å²) in [4.78, 5) is 27.3. The number of alkyl halides is 3. The molecule has 1 atom stereocenters. The van der Waals surface area contributed by atoms with Crippen molar-refractivity contribution in [1.82, 2.24) is 0 Å². The summed E-state index contributed by atoms with van der Waals surface area (Å²) in [5.41, 5.74) is -0.867. The number of Topliss-reactive ketones (excluding diaryl/α,β-unsaturated/α-hetero) is 1. The molecule has 35 heavy (non-hydrogen) atoms. The number of carbonyl (C=O) groups is 2. The summed E-state index contributed by atoms with van der Waals surface area (Å²) in [6, 6.07) is 15.5. The third-order valence-electron chi connectivity index (χ3n) is 5.68. The summed E-state index contributed by atoms with van der Waals surface area (Å²) in [5.74, 6) is -1.94. The van der Waals surface area contributed by atoms with Gasteiger partial charge >= 0.3 is 6.18 Å². The molecule has 0 bridgehead atoms. The van der Waals surface area contributed by atoms with Crippen LogP contribution in [0.15, 0.2) is 78.4 Å². The number of anilines is 1. The summed E-state index contributed by atoms with van der Waals surface area (Å²) in [6.45, 7) is 0. The van der Waals surface area contributed by atoms with Crippen LogP contribution in [0.25, 0.3) is 5.76 Å². The summed E-state index contributed by atoms with van der Waals surface area (Å²) < 4.78 is 50.9. The highest BCUT2D eigenvalue weighted by atomic mass is 19.4. The van der Waals surface area contributed by atoms with Gasteiger partial charge in [-0.3, -0.25) is 14.5 Å². The molecule has 180 valence electrons. The molecular formula is C26H20F3NO5. The molecule has 1 heterocycles. The Labute approximate surface area is 198 Å². The zero-order valence-electron chi connectivity index (χ0n) is 18.7. The highest BCUT2D eigenvalue weighted by molar-refractivity contribution is 6.51. The van der Waals surface area contributed by atoms with Gasteiger partial charge in [0, 0.05) is 22.9 Å². The van der Waals surface area contributed by atoms with E-state index in [0.29, 0.717) is 5.75 Å². The van der Waals surface area contributed by atoms with E-state index in [1.165, 1.54) is 32.4 Å². The lowest BCUT2D eigenvalue weighted by molar-refractivity contribution is -0.137. The number of hydrogen-bond acceptors (Lipinski definition) is 5. The molecular weight excluding hydrogens is 463 g/mol. The zero-order chi connectivity index (χ0) is 25.3. The van der Waals surface area contributed by atoms with Crippen molar-refractivity contribution in [2.45, 2.75) is 12.2 Å². The van der Waals surface area contributed by atoms with E-state index in [1.54, 1.807) is 36.4 Å². The van der Waals surface area contributed by atoms with Gasteiger partial charge in [0.2, 0.25) is 0 Å². The average molecular weight is 483 g/mol. The first-order valence-electron chi connectivity index (χ1n) is 10.4. The Hall–Kier alpha value is -4.27. The van der Waals surface area contributed by atoms with Crippen LogP contribution in [0.3, 0.4) is 0 Å². The number of halogens is 3. The van der Waals surface area contributed by atoms with Crippen LogP contribution < -0.4 is 14.4 Å². The van der Waals surface area contributed by atoms with E-state index < -0.39 is 35.2 Å². The van der Waals surface area contributed by atoms with Crippen LogP contribution in [0.4, 0.5) is 18.9 Å². The number of aliphatic hydroxyl groups is 1. The van der Waals surface area contributed by atoms with Crippen LogP contribution in [0.1, 0.15) is 22.7 Å². The van der Waals surface area contributed by atoms with Gasteiger partial charge in [0.05, 0.1) is 31.4 Å². The van der Waals surface area contributed by atoms with Crippen LogP contribution in [0.2, 0.25) is 0 Å². The molecule has 1 aliphatic rings. The molecule has 1 unspecified atom stereocenters. The summed E-state index contributed by atoms with van der Waals surface area (Å²) in [6.07, 6.45) is -4.67.